The number of nitrogens with one attached hydrogen (secondary N) is 2. The van der Waals surface area contributed by atoms with Gasteiger partial charge in [0.1, 0.15) is 12.2 Å². The van der Waals surface area contributed by atoms with Crippen molar-refractivity contribution in [2.75, 3.05) is 13.2 Å². The highest BCUT2D eigenvalue weighted by Gasteiger charge is 2.53. The van der Waals surface area contributed by atoms with Crippen LogP contribution in [0.2, 0.25) is 0 Å². The molecule has 8 heteroatoms. The van der Waals surface area contributed by atoms with Gasteiger partial charge in [-0.3, -0.25) is 9.59 Å². The fraction of sp³-hybridized carbons (Fsp3) is 0.267. The van der Waals surface area contributed by atoms with Gasteiger partial charge in [0.25, 0.3) is 5.91 Å². The number of carbonyl (C=O) groups is 2. The van der Waals surface area contributed by atoms with E-state index in [2.05, 4.69) is 10.6 Å². The van der Waals surface area contributed by atoms with E-state index in [-0.39, 0.29) is 37.9 Å². The van der Waals surface area contributed by atoms with Crippen molar-refractivity contribution in [3.63, 3.8) is 0 Å². The maximum Gasteiger partial charge on any atom is 0.251 e. The molecule has 2 amide bonds. The van der Waals surface area contributed by atoms with Crippen LogP contribution in [0.4, 0.5) is 0 Å². The molecule has 5 rings (SSSR count). The third-order valence-electron chi connectivity index (χ3n) is 6.74. The van der Waals surface area contributed by atoms with E-state index in [1.165, 1.54) is 0 Å². The summed E-state index contributed by atoms with van der Waals surface area (Å²) < 4.78 is 13.0. The van der Waals surface area contributed by atoms with Gasteiger partial charge in [0.2, 0.25) is 11.7 Å². The summed E-state index contributed by atoms with van der Waals surface area (Å²) in [5.74, 6) is -1.83. The first-order valence-electron chi connectivity index (χ1n) is 12.6. The van der Waals surface area contributed by atoms with Crippen molar-refractivity contribution in [1.29, 1.82) is 0 Å². The lowest BCUT2D eigenvalue weighted by atomic mass is 9.92. The molecule has 1 saturated heterocycles. The van der Waals surface area contributed by atoms with E-state index in [9.17, 15) is 14.7 Å². The molecule has 0 spiro atoms. The van der Waals surface area contributed by atoms with Gasteiger partial charge in [-0.15, -0.1) is 0 Å². The van der Waals surface area contributed by atoms with Gasteiger partial charge in [-0.05, 0) is 23.8 Å². The Kier molecular flexibility index (Phi) is 7.67. The molecule has 3 aromatic rings. The second-order valence-corrected chi connectivity index (χ2v) is 9.34. The van der Waals surface area contributed by atoms with Crippen molar-refractivity contribution in [2.24, 2.45) is 0 Å². The zero-order chi connectivity index (χ0) is 26.5. The predicted molar refractivity (Wildman–Crippen MR) is 140 cm³/mol. The molecule has 3 atom stereocenters. The van der Waals surface area contributed by atoms with E-state index in [4.69, 9.17) is 14.6 Å². The summed E-state index contributed by atoms with van der Waals surface area (Å²) in [5, 5.41) is 25.4. The second-order valence-electron chi connectivity index (χ2n) is 9.34. The maximum atomic E-state index is 13.1. The summed E-state index contributed by atoms with van der Waals surface area (Å²) in [5.41, 5.74) is 3.20. The number of rotatable bonds is 8. The molecule has 4 N–H and O–H groups in total. The molecule has 1 aliphatic heterocycles. The Morgan fingerprint density at radius 3 is 2.21 bits per heavy atom. The van der Waals surface area contributed by atoms with Gasteiger partial charge in [0, 0.05) is 41.8 Å². The Morgan fingerprint density at radius 2 is 1.55 bits per heavy atom. The van der Waals surface area contributed by atoms with Crippen LogP contribution in [-0.2, 0) is 26.6 Å². The molecule has 0 radical (unpaired) electrons. The third-order valence-corrected chi connectivity index (χ3v) is 6.74. The SMILES string of the molecule is O=C(NCc1cccc(C(=O)NCCO)c1)C1=C[C@H]2OC(c3ccccc3)(c3ccccc3)O[C@H]2[C@H](O)C1. The van der Waals surface area contributed by atoms with Crippen LogP contribution in [0.1, 0.15) is 33.5 Å². The molecular weight excluding hydrogens is 484 g/mol. The van der Waals surface area contributed by atoms with Gasteiger partial charge in [0.05, 0.1) is 12.7 Å². The van der Waals surface area contributed by atoms with Crippen LogP contribution in [0, 0.1) is 0 Å². The third kappa shape index (κ3) is 5.25. The largest absolute Gasteiger partial charge is 0.395 e. The van der Waals surface area contributed by atoms with E-state index < -0.39 is 24.1 Å². The number of aliphatic hydroxyl groups excluding tert-OH is 2. The summed E-state index contributed by atoms with van der Waals surface area (Å²) in [4.78, 5) is 25.2. The monoisotopic (exact) mass is 514 g/mol. The summed E-state index contributed by atoms with van der Waals surface area (Å²) in [6.45, 7) is 0.230. The fourth-order valence-corrected chi connectivity index (χ4v) is 4.89. The van der Waals surface area contributed by atoms with Crippen LogP contribution >= 0.6 is 0 Å². The van der Waals surface area contributed by atoms with E-state index in [0.717, 1.165) is 16.7 Å². The number of aliphatic hydroxyl groups is 2. The van der Waals surface area contributed by atoms with Crippen molar-refractivity contribution < 1.29 is 29.3 Å². The minimum Gasteiger partial charge on any atom is -0.395 e. The number of hydrogen-bond acceptors (Lipinski definition) is 6. The van der Waals surface area contributed by atoms with Crippen molar-refractivity contribution in [3.05, 3.63) is 119 Å². The average Bonchev–Trinajstić information content (AvgIpc) is 3.37. The standard InChI is InChI=1S/C30H30N2O6/c33-15-14-31-28(35)21-9-7-8-20(16-21)19-32-29(36)22-17-25(34)27-26(18-22)37-30(38-27,23-10-3-1-4-11-23)24-12-5-2-6-13-24/h1-13,16,18,25-27,33-34H,14-15,17,19H2,(H,31,35)(H,32,36)/t25-,26-,27+/m1/s1. The van der Waals surface area contributed by atoms with Crippen molar-refractivity contribution in [3.8, 4) is 0 Å². The number of hydrogen-bond donors (Lipinski definition) is 4. The molecule has 1 aliphatic carbocycles. The molecule has 1 fully saturated rings. The normalized spacial score (nSPS) is 21.7. The lowest BCUT2D eigenvalue weighted by Crippen LogP contribution is -2.41. The number of benzene rings is 3. The quantitative estimate of drug-likeness (QED) is 0.367. The lowest BCUT2D eigenvalue weighted by Gasteiger charge is -2.29. The topological polar surface area (TPSA) is 117 Å². The first-order chi connectivity index (χ1) is 18.5. The van der Waals surface area contributed by atoms with Crippen LogP contribution in [0.15, 0.2) is 96.6 Å². The van der Waals surface area contributed by atoms with Crippen LogP contribution in [0.5, 0.6) is 0 Å². The minimum absolute atomic E-state index is 0.125. The molecule has 0 unspecified atom stereocenters. The van der Waals surface area contributed by atoms with Gasteiger partial charge in [-0.25, -0.2) is 0 Å². The summed E-state index contributed by atoms with van der Waals surface area (Å²) in [7, 11) is 0. The first-order valence-corrected chi connectivity index (χ1v) is 12.6. The van der Waals surface area contributed by atoms with Gasteiger partial charge < -0.3 is 30.3 Å². The minimum atomic E-state index is -1.21. The Bertz CT molecular complexity index is 1270. The van der Waals surface area contributed by atoms with E-state index >= 15 is 0 Å². The molecular formula is C30H30N2O6. The van der Waals surface area contributed by atoms with Gasteiger partial charge >= 0.3 is 0 Å². The van der Waals surface area contributed by atoms with Crippen LogP contribution < -0.4 is 10.6 Å². The highest BCUT2D eigenvalue weighted by atomic mass is 16.8. The predicted octanol–water partition coefficient (Wildman–Crippen LogP) is 2.40. The molecule has 196 valence electrons. The Hall–Kier alpha value is -3.82. The molecule has 38 heavy (non-hydrogen) atoms. The zero-order valence-corrected chi connectivity index (χ0v) is 20.7. The van der Waals surface area contributed by atoms with Gasteiger partial charge in [-0.2, -0.15) is 0 Å². The summed E-state index contributed by atoms with van der Waals surface area (Å²) in [6.07, 6.45) is -0.336. The number of fused-ring (bicyclic) bond motifs is 1. The number of carbonyl (C=O) groups excluding carboxylic acids is 2. The zero-order valence-electron chi connectivity index (χ0n) is 20.7. The first kappa shape index (κ1) is 25.8. The highest BCUT2D eigenvalue weighted by Crippen LogP contribution is 2.46. The Balaban J connectivity index is 1.32. The van der Waals surface area contributed by atoms with E-state index in [0.29, 0.717) is 11.1 Å². The maximum absolute atomic E-state index is 13.1. The number of amides is 2. The Morgan fingerprint density at radius 1 is 0.868 bits per heavy atom. The molecule has 0 bridgehead atoms. The summed E-state index contributed by atoms with van der Waals surface area (Å²) >= 11 is 0. The van der Waals surface area contributed by atoms with Crippen molar-refractivity contribution in [1.82, 2.24) is 10.6 Å². The highest BCUT2D eigenvalue weighted by molar-refractivity contribution is 5.95. The van der Waals surface area contributed by atoms with Crippen molar-refractivity contribution >= 4 is 11.8 Å². The number of ether oxygens (including phenoxy) is 2. The van der Waals surface area contributed by atoms with Gasteiger partial charge in [0.15, 0.2) is 0 Å². The molecule has 2 aliphatic rings. The molecule has 3 aromatic carbocycles. The average molecular weight is 515 g/mol. The Labute approximate surface area is 220 Å². The summed E-state index contributed by atoms with van der Waals surface area (Å²) in [6, 6.07) is 26.1. The van der Waals surface area contributed by atoms with Gasteiger partial charge in [-0.1, -0.05) is 72.8 Å². The van der Waals surface area contributed by atoms with Crippen LogP contribution in [-0.4, -0.2) is 53.5 Å². The van der Waals surface area contributed by atoms with Crippen molar-refractivity contribution in [2.45, 2.75) is 37.1 Å². The van der Waals surface area contributed by atoms with Crippen LogP contribution in [0.25, 0.3) is 0 Å². The smallest absolute Gasteiger partial charge is 0.251 e. The van der Waals surface area contributed by atoms with Crippen LogP contribution in [0.3, 0.4) is 0 Å². The fourth-order valence-electron chi connectivity index (χ4n) is 4.89. The molecule has 1 heterocycles. The van der Waals surface area contributed by atoms with E-state index in [1.54, 1.807) is 24.3 Å². The van der Waals surface area contributed by atoms with E-state index in [1.807, 2.05) is 66.7 Å². The molecule has 8 nitrogen and oxygen atoms in total. The molecule has 0 aromatic heterocycles. The molecule has 0 saturated carbocycles. The second kappa shape index (κ2) is 11.3. The lowest BCUT2D eigenvalue weighted by molar-refractivity contribution is -0.156.